The van der Waals surface area contributed by atoms with Crippen LogP contribution in [0.5, 0.6) is 0 Å². The SMILES string of the molecule is COCCN(CCC(=O)O)S(=O)(=O)c1ccc([C@@H](CC2CCCC2)C(=O)Nc2nncs2)cc1. The van der Waals surface area contributed by atoms with Crippen molar-refractivity contribution in [3.8, 4) is 0 Å². The number of carbonyl (C=O) groups is 2. The molecule has 0 saturated heterocycles. The fraction of sp³-hybridized carbons (Fsp3) is 0.545. The summed E-state index contributed by atoms with van der Waals surface area (Å²) in [4.78, 5) is 24.1. The van der Waals surface area contributed by atoms with E-state index >= 15 is 0 Å². The van der Waals surface area contributed by atoms with Crippen molar-refractivity contribution < 1.29 is 27.9 Å². The number of hydrogen-bond donors (Lipinski definition) is 2. The Hall–Kier alpha value is -2.41. The van der Waals surface area contributed by atoms with Crippen LogP contribution in [0, 0.1) is 5.92 Å². The topological polar surface area (TPSA) is 139 Å². The molecule has 0 unspecified atom stereocenters. The minimum atomic E-state index is -3.92. The van der Waals surface area contributed by atoms with Crippen LogP contribution in [0.1, 0.15) is 50.0 Å². The molecule has 0 aliphatic heterocycles. The van der Waals surface area contributed by atoms with Crippen molar-refractivity contribution in [2.75, 3.05) is 32.1 Å². The first-order valence-electron chi connectivity index (χ1n) is 11.2. The maximum atomic E-state index is 13.1. The van der Waals surface area contributed by atoms with E-state index in [2.05, 4.69) is 15.5 Å². The molecule has 1 aliphatic rings. The van der Waals surface area contributed by atoms with Gasteiger partial charge in [-0.2, -0.15) is 4.31 Å². The predicted molar refractivity (Wildman–Crippen MR) is 127 cm³/mol. The van der Waals surface area contributed by atoms with Gasteiger partial charge in [0, 0.05) is 20.2 Å². The van der Waals surface area contributed by atoms with Crippen LogP contribution in [0.4, 0.5) is 5.13 Å². The second kappa shape index (κ2) is 12.3. The molecule has 0 spiro atoms. The molecule has 0 bridgehead atoms. The number of carboxylic acid groups (broad SMARTS) is 1. The van der Waals surface area contributed by atoms with E-state index in [9.17, 15) is 18.0 Å². The summed E-state index contributed by atoms with van der Waals surface area (Å²) in [6, 6.07) is 6.28. The summed E-state index contributed by atoms with van der Waals surface area (Å²) in [5, 5.41) is 19.9. The van der Waals surface area contributed by atoms with Gasteiger partial charge < -0.3 is 9.84 Å². The highest BCUT2D eigenvalue weighted by Crippen LogP contribution is 2.35. The molecule has 10 nitrogen and oxygen atoms in total. The summed E-state index contributed by atoms with van der Waals surface area (Å²) in [5.74, 6) is -1.28. The number of aromatic nitrogens is 2. The van der Waals surface area contributed by atoms with Gasteiger partial charge in [0.25, 0.3) is 0 Å². The number of carboxylic acids is 1. The van der Waals surface area contributed by atoms with E-state index in [1.165, 1.54) is 30.6 Å². The summed E-state index contributed by atoms with van der Waals surface area (Å²) in [6.45, 7) is 0.0337. The van der Waals surface area contributed by atoms with Gasteiger partial charge in [0.1, 0.15) is 5.51 Å². The second-order valence-electron chi connectivity index (χ2n) is 8.28. The van der Waals surface area contributed by atoms with Crippen LogP contribution < -0.4 is 5.32 Å². The average molecular weight is 511 g/mol. The maximum absolute atomic E-state index is 13.1. The van der Waals surface area contributed by atoms with Crippen molar-refractivity contribution >= 4 is 38.4 Å². The van der Waals surface area contributed by atoms with Crippen molar-refractivity contribution in [3.63, 3.8) is 0 Å². The van der Waals surface area contributed by atoms with E-state index in [1.807, 2.05) is 0 Å². The summed E-state index contributed by atoms with van der Waals surface area (Å²) in [6.07, 6.45) is 4.83. The molecule has 1 saturated carbocycles. The number of nitrogens with zero attached hydrogens (tertiary/aromatic N) is 3. The van der Waals surface area contributed by atoms with Crippen LogP contribution in [0.25, 0.3) is 0 Å². The van der Waals surface area contributed by atoms with Gasteiger partial charge in [0.15, 0.2) is 0 Å². The second-order valence-corrected chi connectivity index (χ2v) is 11.1. The van der Waals surface area contributed by atoms with Gasteiger partial charge in [0.2, 0.25) is 21.1 Å². The minimum Gasteiger partial charge on any atom is -0.481 e. The number of rotatable bonds is 13. The highest BCUT2D eigenvalue weighted by atomic mass is 32.2. The molecule has 1 aromatic carbocycles. The number of methoxy groups -OCH3 is 1. The molecule has 2 N–H and O–H groups in total. The summed E-state index contributed by atoms with van der Waals surface area (Å²) in [7, 11) is -2.47. The molecule has 1 aliphatic carbocycles. The van der Waals surface area contributed by atoms with Crippen LogP contribution >= 0.6 is 11.3 Å². The summed E-state index contributed by atoms with van der Waals surface area (Å²) >= 11 is 1.24. The van der Waals surface area contributed by atoms with Crippen LogP contribution in [-0.2, 0) is 24.3 Å². The Labute approximate surface area is 203 Å². The predicted octanol–water partition coefficient (Wildman–Crippen LogP) is 2.95. The Morgan fingerprint density at radius 1 is 1.24 bits per heavy atom. The van der Waals surface area contributed by atoms with Crippen molar-refractivity contribution in [3.05, 3.63) is 35.3 Å². The molecule has 1 aromatic heterocycles. The lowest BCUT2D eigenvalue weighted by atomic mass is 9.87. The summed E-state index contributed by atoms with van der Waals surface area (Å²) in [5.41, 5.74) is 2.27. The molecule has 1 atom stereocenters. The van der Waals surface area contributed by atoms with Gasteiger partial charge >= 0.3 is 5.97 Å². The smallest absolute Gasteiger partial charge is 0.304 e. The third kappa shape index (κ3) is 7.05. The Morgan fingerprint density at radius 3 is 2.53 bits per heavy atom. The van der Waals surface area contributed by atoms with Crippen LogP contribution in [-0.4, -0.2) is 66.7 Å². The van der Waals surface area contributed by atoms with Crippen LogP contribution in [0.3, 0.4) is 0 Å². The van der Waals surface area contributed by atoms with Crippen LogP contribution in [0.15, 0.2) is 34.7 Å². The number of anilines is 1. The van der Waals surface area contributed by atoms with E-state index in [4.69, 9.17) is 9.84 Å². The lowest BCUT2D eigenvalue weighted by Gasteiger charge is -2.22. The average Bonchev–Trinajstić information content (AvgIpc) is 3.51. The standard InChI is InChI=1S/C22H30N4O6S2/c1-32-13-12-26(11-10-20(27)28)34(30,31)18-8-6-17(7-9-18)19(14-16-4-2-3-5-16)21(29)24-22-25-23-15-33-22/h6-9,15-16,19H,2-5,10-14H2,1H3,(H,27,28)(H,24,25,29)/t19-/m1/s1. The quantitative estimate of drug-likeness (QED) is 0.419. The van der Waals surface area contributed by atoms with Gasteiger partial charge in [-0.3, -0.25) is 14.9 Å². The van der Waals surface area contributed by atoms with Gasteiger partial charge in [-0.1, -0.05) is 49.2 Å². The fourth-order valence-electron chi connectivity index (χ4n) is 4.18. The normalized spacial score (nSPS) is 15.5. The Morgan fingerprint density at radius 2 is 1.94 bits per heavy atom. The Kier molecular flexibility index (Phi) is 9.51. The number of amides is 1. The van der Waals surface area contributed by atoms with E-state index in [0.717, 1.165) is 35.6 Å². The largest absolute Gasteiger partial charge is 0.481 e. The number of benzene rings is 1. The van der Waals surface area contributed by atoms with Gasteiger partial charge in [-0.15, -0.1) is 10.2 Å². The molecule has 0 radical (unpaired) electrons. The van der Waals surface area contributed by atoms with Gasteiger partial charge in [-0.25, -0.2) is 8.42 Å². The Balaban J connectivity index is 1.81. The lowest BCUT2D eigenvalue weighted by Crippen LogP contribution is -2.35. The van der Waals surface area contributed by atoms with Crippen molar-refractivity contribution in [2.45, 2.75) is 49.3 Å². The molecular weight excluding hydrogens is 480 g/mol. The fourth-order valence-corrected chi connectivity index (χ4v) is 6.05. The molecule has 1 heterocycles. The minimum absolute atomic E-state index is 0.0434. The zero-order valence-corrected chi connectivity index (χ0v) is 20.7. The Bertz CT molecular complexity index is 1040. The third-order valence-corrected chi connectivity index (χ3v) is 8.51. The molecule has 12 heteroatoms. The third-order valence-electron chi connectivity index (χ3n) is 5.99. The van der Waals surface area contributed by atoms with Gasteiger partial charge in [0.05, 0.1) is 23.8 Å². The van der Waals surface area contributed by atoms with Gasteiger partial charge in [-0.05, 0) is 30.0 Å². The first-order chi connectivity index (χ1) is 16.3. The molecule has 3 rings (SSSR count). The molecule has 186 valence electrons. The lowest BCUT2D eigenvalue weighted by molar-refractivity contribution is -0.137. The monoisotopic (exact) mass is 510 g/mol. The van der Waals surface area contributed by atoms with E-state index in [-0.39, 0.29) is 36.9 Å². The molecule has 1 amide bonds. The first-order valence-corrected chi connectivity index (χ1v) is 13.5. The van der Waals surface area contributed by atoms with Crippen molar-refractivity contribution in [1.29, 1.82) is 0 Å². The maximum Gasteiger partial charge on any atom is 0.304 e. The van der Waals surface area contributed by atoms with Crippen LogP contribution in [0.2, 0.25) is 0 Å². The number of aliphatic carboxylic acids is 1. The zero-order chi connectivity index (χ0) is 24.6. The molecule has 2 aromatic rings. The zero-order valence-electron chi connectivity index (χ0n) is 19.1. The van der Waals surface area contributed by atoms with E-state index in [0.29, 0.717) is 17.5 Å². The highest BCUT2D eigenvalue weighted by molar-refractivity contribution is 7.89. The van der Waals surface area contributed by atoms with E-state index in [1.54, 1.807) is 17.6 Å². The van der Waals surface area contributed by atoms with Crippen molar-refractivity contribution in [2.24, 2.45) is 5.92 Å². The van der Waals surface area contributed by atoms with Crippen molar-refractivity contribution in [1.82, 2.24) is 14.5 Å². The highest BCUT2D eigenvalue weighted by Gasteiger charge is 2.29. The molecular formula is C22H30N4O6S2. The first kappa shape index (κ1) is 26.2. The number of hydrogen-bond acceptors (Lipinski definition) is 8. The molecule has 1 fully saturated rings. The van der Waals surface area contributed by atoms with E-state index < -0.39 is 21.9 Å². The molecule has 34 heavy (non-hydrogen) atoms. The summed E-state index contributed by atoms with van der Waals surface area (Å²) < 4.78 is 32.4. The number of ether oxygens (including phenoxy) is 1. The number of nitrogens with one attached hydrogen (secondary N) is 1. The number of sulfonamides is 1. The number of carbonyl (C=O) groups excluding carboxylic acids is 1.